The van der Waals surface area contributed by atoms with Crippen molar-refractivity contribution < 1.29 is 9.47 Å². The molecular formula is C24H23N3O2. The highest BCUT2D eigenvalue weighted by Gasteiger charge is 2.16. The number of aromatic nitrogens is 2. The smallest absolute Gasteiger partial charge is 0.171 e. The number of nitrogens with zero attached hydrogens (tertiary/aromatic N) is 2. The van der Waals surface area contributed by atoms with Gasteiger partial charge in [0.1, 0.15) is 19.0 Å². The fraction of sp³-hybridized carbons (Fsp3) is 0.125. The van der Waals surface area contributed by atoms with Gasteiger partial charge in [0.05, 0.1) is 5.69 Å². The molecule has 0 radical (unpaired) electrons. The van der Waals surface area contributed by atoms with Crippen LogP contribution in [-0.2, 0) is 20.3 Å². The Morgan fingerprint density at radius 3 is 2.00 bits per heavy atom. The summed E-state index contributed by atoms with van der Waals surface area (Å²) in [6.45, 7) is 0.887. The average molecular weight is 385 g/mol. The fourth-order valence-electron chi connectivity index (χ4n) is 3.06. The summed E-state index contributed by atoms with van der Waals surface area (Å²) in [7, 11) is 1.82. The third kappa shape index (κ3) is 4.41. The van der Waals surface area contributed by atoms with Gasteiger partial charge in [0.15, 0.2) is 11.5 Å². The molecule has 2 N–H and O–H groups in total. The van der Waals surface area contributed by atoms with E-state index in [9.17, 15) is 0 Å². The molecule has 3 aromatic carbocycles. The van der Waals surface area contributed by atoms with Gasteiger partial charge in [-0.2, -0.15) is 5.10 Å². The maximum Gasteiger partial charge on any atom is 0.171 e. The van der Waals surface area contributed by atoms with Gasteiger partial charge in [0.2, 0.25) is 0 Å². The maximum atomic E-state index is 6.23. The van der Waals surface area contributed by atoms with Crippen molar-refractivity contribution in [2.24, 2.45) is 7.05 Å². The first-order chi connectivity index (χ1) is 14.2. The van der Waals surface area contributed by atoms with Gasteiger partial charge < -0.3 is 15.2 Å². The van der Waals surface area contributed by atoms with Crippen LogP contribution in [0.1, 0.15) is 11.1 Å². The molecule has 4 rings (SSSR count). The second-order valence-corrected chi connectivity index (χ2v) is 6.76. The topological polar surface area (TPSA) is 62.3 Å². The third-order valence-electron chi connectivity index (χ3n) is 4.63. The lowest BCUT2D eigenvalue weighted by molar-refractivity contribution is 0.257. The monoisotopic (exact) mass is 385 g/mol. The van der Waals surface area contributed by atoms with Crippen LogP contribution >= 0.6 is 0 Å². The Kier molecular flexibility index (Phi) is 5.47. The molecule has 0 saturated carbocycles. The van der Waals surface area contributed by atoms with Gasteiger partial charge >= 0.3 is 0 Å². The van der Waals surface area contributed by atoms with Gasteiger partial charge in [0.25, 0.3) is 0 Å². The number of benzene rings is 3. The largest absolute Gasteiger partial charge is 0.485 e. The Morgan fingerprint density at radius 1 is 0.793 bits per heavy atom. The van der Waals surface area contributed by atoms with Gasteiger partial charge in [-0.3, -0.25) is 4.68 Å². The van der Waals surface area contributed by atoms with E-state index in [2.05, 4.69) is 5.10 Å². The predicted molar refractivity (Wildman–Crippen MR) is 115 cm³/mol. The Hall–Kier alpha value is -3.73. The minimum atomic E-state index is 0.432. The van der Waals surface area contributed by atoms with Gasteiger partial charge in [-0.1, -0.05) is 66.7 Å². The van der Waals surface area contributed by atoms with E-state index >= 15 is 0 Å². The number of para-hydroxylation sites is 1. The van der Waals surface area contributed by atoms with Crippen molar-refractivity contribution in [1.29, 1.82) is 0 Å². The Labute approximate surface area is 170 Å². The SMILES string of the molecule is Cn1nc(-c2cccc(OCc3ccccc3)c2OCc2ccccc2)cc1N. The minimum absolute atomic E-state index is 0.432. The first-order valence-electron chi connectivity index (χ1n) is 9.47. The van der Waals surface area contributed by atoms with Gasteiger partial charge in [-0.25, -0.2) is 0 Å². The van der Waals surface area contributed by atoms with E-state index in [0.29, 0.717) is 30.5 Å². The first-order valence-corrected chi connectivity index (χ1v) is 9.47. The summed E-state index contributed by atoms with van der Waals surface area (Å²) in [6, 6.07) is 27.8. The molecule has 5 heteroatoms. The Morgan fingerprint density at radius 2 is 1.41 bits per heavy atom. The molecule has 1 aromatic heterocycles. The van der Waals surface area contributed by atoms with Crippen molar-refractivity contribution >= 4 is 5.82 Å². The number of hydrogen-bond donors (Lipinski definition) is 1. The van der Waals surface area contributed by atoms with Crippen LogP contribution in [0.15, 0.2) is 84.9 Å². The highest BCUT2D eigenvalue weighted by atomic mass is 16.5. The first kappa shape index (κ1) is 18.6. The van der Waals surface area contributed by atoms with Crippen LogP contribution in [0.5, 0.6) is 11.5 Å². The Balaban J connectivity index is 1.66. The molecule has 1 heterocycles. The lowest BCUT2D eigenvalue weighted by Crippen LogP contribution is -2.02. The summed E-state index contributed by atoms with van der Waals surface area (Å²) < 4.78 is 14.0. The number of anilines is 1. The van der Waals surface area contributed by atoms with Crippen molar-refractivity contribution in [3.05, 3.63) is 96.1 Å². The van der Waals surface area contributed by atoms with Crippen molar-refractivity contribution in [3.8, 4) is 22.8 Å². The molecule has 0 aliphatic heterocycles. The Bertz CT molecular complexity index is 1060. The van der Waals surface area contributed by atoms with Gasteiger partial charge in [-0.05, 0) is 23.3 Å². The molecule has 0 aliphatic rings. The fourth-order valence-corrected chi connectivity index (χ4v) is 3.06. The van der Waals surface area contributed by atoms with Gasteiger partial charge in [-0.15, -0.1) is 0 Å². The lowest BCUT2D eigenvalue weighted by Gasteiger charge is -2.16. The van der Waals surface area contributed by atoms with Crippen molar-refractivity contribution in [1.82, 2.24) is 9.78 Å². The summed E-state index contributed by atoms with van der Waals surface area (Å²) in [4.78, 5) is 0. The van der Waals surface area contributed by atoms with Crippen LogP contribution in [0, 0.1) is 0 Å². The molecule has 0 amide bonds. The quantitative estimate of drug-likeness (QED) is 0.495. The highest BCUT2D eigenvalue weighted by molar-refractivity contribution is 5.72. The molecule has 0 atom stereocenters. The maximum absolute atomic E-state index is 6.23. The van der Waals surface area contributed by atoms with Crippen LogP contribution in [-0.4, -0.2) is 9.78 Å². The van der Waals surface area contributed by atoms with Crippen LogP contribution < -0.4 is 15.2 Å². The van der Waals surface area contributed by atoms with E-state index in [1.54, 1.807) is 4.68 Å². The zero-order valence-electron chi connectivity index (χ0n) is 16.3. The number of ether oxygens (including phenoxy) is 2. The zero-order chi connectivity index (χ0) is 20.1. The molecule has 0 unspecified atom stereocenters. The predicted octanol–water partition coefficient (Wildman–Crippen LogP) is 4.83. The molecule has 0 spiro atoms. The van der Waals surface area contributed by atoms with E-state index in [4.69, 9.17) is 15.2 Å². The standard InChI is InChI=1S/C24H23N3O2/c1-27-23(25)15-21(26-27)20-13-8-14-22(28-16-18-9-4-2-5-10-18)24(20)29-17-19-11-6-3-7-12-19/h2-15H,16-17,25H2,1H3. The molecule has 5 nitrogen and oxygen atoms in total. The van der Waals surface area contributed by atoms with E-state index in [1.165, 1.54) is 0 Å². The van der Waals surface area contributed by atoms with E-state index < -0.39 is 0 Å². The van der Waals surface area contributed by atoms with Crippen molar-refractivity contribution in [2.45, 2.75) is 13.2 Å². The summed E-state index contributed by atoms with van der Waals surface area (Å²) in [5, 5.41) is 4.51. The van der Waals surface area contributed by atoms with Crippen LogP contribution in [0.3, 0.4) is 0 Å². The van der Waals surface area contributed by atoms with Crippen molar-refractivity contribution in [3.63, 3.8) is 0 Å². The molecule has 0 saturated heterocycles. The molecule has 0 fully saturated rings. The van der Waals surface area contributed by atoms with Crippen LogP contribution in [0.25, 0.3) is 11.3 Å². The second kappa shape index (κ2) is 8.52. The molecule has 146 valence electrons. The number of hydrogen-bond acceptors (Lipinski definition) is 4. The van der Waals surface area contributed by atoms with E-state index in [0.717, 1.165) is 22.4 Å². The average Bonchev–Trinajstić information content (AvgIpc) is 3.10. The van der Waals surface area contributed by atoms with Crippen LogP contribution in [0.4, 0.5) is 5.82 Å². The summed E-state index contributed by atoms with van der Waals surface area (Å²) in [5.74, 6) is 1.92. The lowest BCUT2D eigenvalue weighted by atomic mass is 10.1. The normalized spacial score (nSPS) is 10.7. The van der Waals surface area contributed by atoms with Gasteiger partial charge in [0, 0.05) is 18.7 Å². The zero-order valence-corrected chi connectivity index (χ0v) is 16.3. The number of nitrogen functional groups attached to an aromatic ring is 1. The molecule has 4 aromatic rings. The highest BCUT2D eigenvalue weighted by Crippen LogP contribution is 2.39. The summed E-state index contributed by atoms with van der Waals surface area (Å²) in [5.41, 5.74) is 9.76. The molecular weight excluding hydrogens is 362 g/mol. The van der Waals surface area contributed by atoms with E-state index in [-0.39, 0.29) is 0 Å². The summed E-state index contributed by atoms with van der Waals surface area (Å²) in [6.07, 6.45) is 0. The number of aryl methyl sites for hydroxylation is 1. The minimum Gasteiger partial charge on any atom is -0.485 e. The molecule has 0 bridgehead atoms. The second-order valence-electron chi connectivity index (χ2n) is 6.76. The van der Waals surface area contributed by atoms with Crippen LogP contribution in [0.2, 0.25) is 0 Å². The number of nitrogens with two attached hydrogens (primary N) is 1. The van der Waals surface area contributed by atoms with Crippen molar-refractivity contribution in [2.75, 3.05) is 5.73 Å². The number of rotatable bonds is 7. The molecule has 0 aliphatic carbocycles. The third-order valence-corrected chi connectivity index (χ3v) is 4.63. The summed E-state index contributed by atoms with van der Waals surface area (Å²) >= 11 is 0. The molecule has 29 heavy (non-hydrogen) atoms. The van der Waals surface area contributed by atoms with E-state index in [1.807, 2.05) is 92.0 Å².